The number of rotatable bonds is 2. The van der Waals surface area contributed by atoms with E-state index in [1.54, 1.807) is 6.33 Å². The molecule has 0 radical (unpaired) electrons. The minimum atomic E-state index is 0.911. The molecule has 0 saturated carbocycles. The fourth-order valence-corrected chi connectivity index (χ4v) is 2.91. The molecule has 3 nitrogen and oxygen atoms in total. The molecule has 0 amide bonds. The van der Waals surface area contributed by atoms with Crippen LogP contribution in [0.5, 0.6) is 0 Å². The zero-order chi connectivity index (χ0) is 13.4. The Morgan fingerprint density at radius 3 is 2.75 bits per heavy atom. The largest absolute Gasteiger partial charge is 0.349 e. The summed E-state index contributed by atoms with van der Waals surface area (Å²) in [4.78, 5) is 8.58. The molecule has 0 aliphatic heterocycles. The summed E-state index contributed by atoms with van der Waals surface area (Å²) >= 11 is 0. The molecule has 4 rings (SSSR count). The van der Waals surface area contributed by atoms with Crippen molar-refractivity contribution >= 4 is 0 Å². The van der Waals surface area contributed by atoms with E-state index in [9.17, 15) is 0 Å². The third-order valence-electron chi connectivity index (χ3n) is 3.88. The molecular weight excluding hydrogens is 246 g/mol. The van der Waals surface area contributed by atoms with Gasteiger partial charge in [0.1, 0.15) is 6.33 Å². The van der Waals surface area contributed by atoms with Crippen LogP contribution in [0.2, 0.25) is 0 Å². The van der Waals surface area contributed by atoms with Gasteiger partial charge >= 0.3 is 0 Å². The van der Waals surface area contributed by atoms with Crippen LogP contribution in [0.1, 0.15) is 16.7 Å². The summed E-state index contributed by atoms with van der Waals surface area (Å²) < 4.78 is 2.26. The van der Waals surface area contributed by atoms with Gasteiger partial charge in [-0.05, 0) is 29.5 Å². The first-order valence-corrected chi connectivity index (χ1v) is 6.92. The summed E-state index contributed by atoms with van der Waals surface area (Å²) in [6.45, 7) is 0.911. The molecule has 0 spiro atoms. The van der Waals surface area contributed by atoms with Crippen molar-refractivity contribution in [2.24, 2.45) is 0 Å². The van der Waals surface area contributed by atoms with Crippen LogP contribution < -0.4 is 0 Å². The summed E-state index contributed by atoms with van der Waals surface area (Å²) in [5.74, 6) is 0. The van der Waals surface area contributed by atoms with E-state index in [0.29, 0.717) is 0 Å². The van der Waals surface area contributed by atoms with E-state index in [1.807, 2.05) is 6.20 Å². The molecule has 1 aromatic carbocycles. The normalized spacial score (nSPS) is 12.8. The highest BCUT2D eigenvalue weighted by Crippen LogP contribution is 2.32. The molecule has 98 valence electrons. The van der Waals surface area contributed by atoms with E-state index >= 15 is 0 Å². The van der Waals surface area contributed by atoms with Crippen LogP contribution in [-0.2, 0) is 19.4 Å². The van der Waals surface area contributed by atoms with Gasteiger partial charge in [0.25, 0.3) is 0 Å². The maximum Gasteiger partial charge on any atom is 0.116 e. The van der Waals surface area contributed by atoms with Crippen molar-refractivity contribution in [3.05, 3.63) is 71.9 Å². The zero-order valence-electron chi connectivity index (χ0n) is 11.2. The molecular formula is C17H15N3. The van der Waals surface area contributed by atoms with Crippen molar-refractivity contribution in [2.75, 3.05) is 0 Å². The maximum absolute atomic E-state index is 4.46. The van der Waals surface area contributed by atoms with Gasteiger partial charge < -0.3 is 4.57 Å². The number of fused-ring (bicyclic) bond motifs is 3. The third-order valence-corrected chi connectivity index (χ3v) is 3.88. The highest BCUT2D eigenvalue weighted by molar-refractivity contribution is 5.68. The Morgan fingerprint density at radius 2 is 1.85 bits per heavy atom. The Bertz CT molecular complexity index is 744. The van der Waals surface area contributed by atoms with Crippen molar-refractivity contribution in [1.29, 1.82) is 0 Å². The number of benzene rings is 1. The predicted octanol–water partition coefficient (Wildman–Crippen LogP) is 3.09. The van der Waals surface area contributed by atoms with Crippen LogP contribution in [0.15, 0.2) is 55.2 Å². The fourth-order valence-electron chi connectivity index (χ4n) is 2.91. The number of hydrogen-bond acceptors (Lipinski definition) is 2. The van der Waals surface area contributed by atoms with E-state index in [-0.39, 0.29) is 0 Å². The van der Waals surface area contributed by atoms with E-state index in [1.165, 1.54) is 22.3 Å². The molecule has 3 heteroatoms. The summed E-state index contributed by atoms with van der Waals surface area (Å²) in [5, 5.41) is 0. The number of aromatic nitrogens is 3. The molecule has 2 aromatic heterocycles. The molecule has 3 aromatic rings. The summed E-state index contributed by atoms with van der Waals surface area (Å²) in [7, 11) is 0. The van der Waals surface area contributed by atoms with Gasteiger partial charge in [-0.25, -0.2) is 9.97 Å². The monoisotopic (exact) mass is 261 g/mol. The first kappa shape index (κ1) is 11.4. The highest BCUT2D eigenvalue weighted by Gasteiger charge is 2.19. The van der Waals surface area contributed by atoms with E-state index in [2.05, 4.69) is 57.3 Å². The minimum absolute atomic E-state index is 0.911. The maximum atomic E-state index is 4.46. The molecule has 0 unspecified atom stereocenters. The average Bonchev–Trinajstić information content (AvgIpc) is 2.91. The van der Waals surface area contributed by atoms with Gasteiger partial charge in [-0.3, -0.25) is 0 Å². The van der Waals surface area contributed by atoms with Crippen molar-refractivity contribution in [1.82, 2.24) is 14.5 Å². The molecule has 1 aliphatic carbocycles. The topological polar surface area (TPSA) is 30.7 Å². The Morgan fingerprint density at radius 1 is 1.00 bits per heavy atom. The minimum Gasteiger partial charge on any atom is -0.349 e. The molecule has 1 aliphatic rings. The van der Waals surface area contributed by atoms with E-state index in [0.717, 1.165) is 25.1 Å². The van der Waals surface area contributed by atoms with Gasteiger partial charge in [-0.2, -0.15) is 0 Å². The second-order valence-corrected chi connectivity index (χ2v) is 5.25. The molecule has 0 bridgehead atoms. The van der Waals surface area contributed by atoms with Crippen LogP contribution in [0.3, 0.4) is 0 Å². The third kappa shape index (κ3) is 1.92. The van der Waals surface area contributed by atoms with Crippen LogP contribution >= 0.6 is 0 Å². The Kier molecular flexibility index (Phi) is 2.62. The van der Waals surface area contributed by atoms with Crippen LogP contribution in [0.25, 0.3) is 11.3 Å². The highest BCUT2D eigenvalue weighted by atomic mass is 14.9. The molecule has 0 saturated heterocycles. The summed E-state index contributed by atoms with van der Waals surface area (Å²) in [6.07, 6.45) is 10.2. The van der Waals surface area contributed by atoms with E-state index < -0.39 is 0 Å². The Labute approximate surface area is 117 Å². The molecule has 2 heterocycles. The first-order valence-electron chi connectivity index (χ1n) is 6.92. The lowest BCUT2D eigenvalue weighted by Gasteiger charge is -2.13. The lowest BCUT2D eigenvalue weighted by Crippen LogP contribution is -2.03. The van der Waals surface area contributed by atoms with Gasteiger partial charge in [0, 0.05) is 30.7 Å². The molecule has 0 atom stereocenters. The van der Waals surface area contributed by atoms with E-state index in [4.69, 9.17) is 0 Å². The average molecular weight is 261 g/mol. The standard InChI is InChI=1S/C17H15N3/c1-2-4-13(5-3-1)9-20-10-15-7-6-14-8-18-12-19-17(14)16(15)11-20/h1-5,8,10-12H,6-7,9H2. The second-order valence-electron chi connectivity index (χ2n) is 5.25. The summed E-state index contributed by atoms with van der Waals surface area (Å²) in [5.41, 5.74) is 6.35. The van der Waals surface area contributed by atoms with Crippen LogP contribution in [-0.4, -0.2) is 14.5 Å². The van der Waals surface area contributed by atoms with Gasteiger partial charge in [0.05, 0.1) is 5.69 Å². The fraction of sp³-hybridized carbons (Fsp3) is 0.176. The lowest BCUT2D eigenvalue weighted by molar-refractivity contribution is 0.801. The smallest absolute Gasteiger partial charge is 0.116 e. The number of aryl methyl sites for hydroxylation is 2. The second kappa shape index (κ2) is 4.60. The van der Waals surface area contributed by atoms with Gasteiger partial charge in [-0.1, -0.05) is 30.3 Å². The number of hydrogen-bond donors (Lipinski definition) is 0. The zero-order valence-corrected chi connectivity index (χ0v) is 11.2. The van der Waals surface area contributed by atoms with Crippen molar-refractivity contribution < 1.29 is 0 Å². The van der Waals surface area contributed by atoms with Crippen LogP contribution in [0.4, 0.5) is 0 Å². The Balaban J connectivity index is 1.72. The molecule has 20 heavy (non-hydrogen) atoms. The quantitative estimate of drug-likeness (QED) is 0.709. The first-order chi connectivity index (χ1) is 9.90. The van der Waals surface area contributed by atoms with Crippen molar-refractivity contribution in [3.63, 3.8) is 0 Å². The van der Waals surface area contributed by atoms with Crippen LogP contribution in [0, 0.1) is 0 Å². The molecule has 0 N–H and O–H groups in total. The lowest BCUT2D eigenvalue weighted by atomic mass is 9.93. The van der Waals surface area contributed by atoms with Gasteiger partial charge in [0.2, 0.25) is 0 Å². The SMILES string of the molecule is c1ccc(Cn2cc3c(c2)-c2ncncc2CC3)cc1. The molecule has 0 fully saturated rings. The summed E-state index contributed by atoms with van der Waals surface area (Å²) in [6, 6.07) is 10.5. The van der Waals surface area contributed by atoms with Gasteiger partial charge in [0.15, 0.2) is 0 Å². The Hall–Kier alpha value is -2.42. The van der Waals surface area contributed by atoms with Crippen molar-refractivity contribution in [3.8, 4) is 11.3 Å². The number of nitrogens with zero attached hydrogens (tertiary/aromatic N) is 3. The van der Waals surface area contributed by atoms with Gasteiger partial charge in [-0.15, -0.1) is 0 Å². The predicted molar refractivity (Wildman–Crippen MR) is 78.4 cm³/mol. The van der Waals surface area contributed by atoms with Crippen molar-refractivity contribution in [2.45, 2.75) is 19.4 Å².